The normalized spacial score (nSPS) is 10.3. The van der Waals surface area contributed by atoms with Gasteiger partial charge >= 0.3 is 5.91 Å². The molecule has 7 nitrogen and oxygen atoms in total. The number of hydrogen-bond acceptors (Lipinski definition) is 5. The summed E-state index contributed by atoms with van der Waals surface area (Å²) >= 11 is 0. The van der Waals surface area contributed by atoms with Crippen molar-refractivity contribution in [1.82, 2.24) is 15.2 Å². The summed E-state index contributed by atoms with van der Waals surface area (Å²) in [4.78, 5) is 11.2. The number of furan rings is 1. The van der Waals surface area contributed by atoms with E-state index in [2.05, 4.69) is 5.10 Å². The van der Waals surface area contributed by atoms with Crippen molar-refractivity contribution in [2.45, 2.75) is 20.1 Å². The Morgan fingerprint density at radius 2 is 2.44 bits per heavy atom. The van der Waals surface area contributed by atoms with Crippen molar-refractivity contribution in [3.63, 3.8) is 0 Å². The van der Waals surface area contributed by atoms with Crippen LogP contribution in [0.4, 0.5) is 0 Å². The SMILES string of the molecule is CCn1cc(OCc2ccc(C(=O)NN)o2)cn1. The second-order valence-corrected chi connectivity index (χ2v) is 3.56. The molecule has 0 spiro atoms. The number of nitrogens with zero attached hydrogens (tertiary/aromatic N) is 2. The molecule has 2 heterocycles. The van der Waals surface area contributed by atoms with Gasteiger partial charge in [0.15, 0.2) is 11.5 Å². The second kappa shape index (κ2) is 5.37. The first-order chi connectivity index (χ1) is 8.72. The first-order valence-corrected chi connectivity index (χ1v) is 5.48. The predicted molar refractivity (Wildman–Crippen MR) is 62.6 cm³/mol. The van der Waals surface area contributed by atoms with Crippen LogP contribution >= 0.6 is 0 Å². The van der Waals surface area contributed by atoms with Gasteiger partial charge in [-0.15, -0.1) is 0 Å². The van der Waals surface area contributed by atoms with Crippen molar-refractivity contribution in [1.29, 1.82) is 0 Å². The van der Waals surface area contributed by atoms with Gasteiger partial charge in [-0.25, -0.2) is 5.84 Å². The molecule has 0 aliphatic rings. The third-order valence-corrected chi connectivity index (χ3v) is 2.33. The molecule has 18 heavy (non-hydrogen) atoms. The van der Waals surface area contributed by atoms with E-state index >= 15 is 0 Å². The van der Waals surface area contributed by atoms with Crippen molar-refractivity contribution >= 4 is 5.91 Å². The number of nitrogens with two attached hydrogens (primary N) is 1. The number of ether oxygens (including phenoxy) is 1. The third kappa shape index (κ3) is 2.69. The smallest absolute Gasteiger partial charge is 0.300 e. The highest BCUT2D eigenvalue weighted by Gasteiger charge is 2.10. The quantitative estimate of drug-likeness (QED) is 0.462. The number of carbonyl (C=O) groups is 1. The summed E-state index contributed by atoms with van der Waals surface area (Å²) in [6, 6.07) is 3.20. The number of hydrazine groups is 1. The number of nitrogens with one attached hydrogen (secondary N) is 1. The highest BCUT2D eigenvalue weighted by molar-refractivity contribution is 5.90. The largest absolute Gasteiger partial charge is 0.482 e. The molecule has 0 radical (unpaired) electrons. The monoisotopic (exact) mass is 250 g/mol. The van der Waals surface area contributed by atoms with E-state index in [1.807, 2.05) is 12.3 Å². The molecule has 96 valence electrons. The molecule has 1 amide bonds. The zero-order valence-electron chi connectivity index (χ0n) is 9.92. The van der Waals surface area contributed by atoms with E-state index in [0.717, 1.165) is 6.54 Å². The molecular weight excluding hydrogens is 236 g/mol. The summed E-state index contributed by atoms with van der Waals surface area (Å²) in [6.07, 6.45) is 3.41. The number of rotatable bonds is 5. The minimum absolute atomic E-state index is 0.153. The Bertz CT molecular complexity index is 532. The third-order valence-electron chi connectivity index (χ3n) is 2.33. The van der Waals surface area contributed by atoms with Gasteiger partial charge in [0.2, 0.25) is 0 Å². The number of aryl methyl sites for hydroxylation is 1. The van der Waals surface area contributed by atoms with E-state index in [1.54, 1.807) is 23.1 Å². The predicted octanol–water partition coefficient (Wildman–Crippen LogP) is 0.679. The molecule has 7 heteroatoms. The van der Waals surface area contributed by atoms with Crippen LogP contribution < -0.4 is 16.0 Å². The fourth-order valence-corrected chi connectivity index (χ4v) is 1.40. The van der Waals surface area contributed by atoms with Gasteiger partial charge < -0.3 is 9.15 Å². The number of hydrogen-bond donors (Lipinski definition) is 2. The van der Waals surface area contributed by atoms with Crippen LogP contribution in [-0.2, 0) is 13.2 Å². The maximum Gasteiger partial charge on any atom is 0.300 e. The Labute approximate surface area is 103 Å². The van der Waals surface area contributed by atoms with Gasteiger partial charge in [0.1, 0.15) is 12.4 Å². The maximum atomic E-state index is 11.2. The van der Waals surface area contributed by atoms with Gasteiger partial charge in [0, 0.05) is 6.54 Å². The minimum atomic E-state index is -0.472. The average molecular weight is 250 g/mol. The fourth-order valence-electron chi connectivity index (χ4n) is 1.40. The van der Waals surface area contributed by atoms with E-state index in [4.69, 9.17) is 15.0 Å². The highest BCUT2D eigenvalue weighted by Crippen LogP contribution is 2.13. The average Bonchev–Trinajstić information content (AvgIpc) is 3.04. The fraction of sp³-hybridized carbons (Fsp3) is 0.273. The lowest BCUT2D eigenvalue weighted by molar-refractivity contribution is 0.0922. The lowest BCUT2D eigenvalue weighted by atomic mass is 10.4. The van der Waals surface area contributed by atoms with E-state index in [0.29, 0.717) is 11.5 Å². The minimum Gasteiger partial charge on any atom is -0.482 e. The topological polar surface area (TPSA) is 95.3 Å². The Balaban J connectivity index is 1.93. The van der Waals surface area contributed by atoms with Crippen LogP contribution in [0, 0.1) is 0 Å². The van der Waals surface area contributed by atoms with Gasteiger partial charge in [-0.1, -0.05) is 0 Å². The Morgan fingerprint density at radius 3 is 3.11 bits per heavy atom. The summed E-state index contributed by atoms with van der Waals surface area (Å²) < 4.78 is 12.5. The lowest BCUT2D eigenvalue weighted by Gasteiger charge is -2.00. The number of nitrogen functional groups attached to an aromatic ring is 1. The van der Waals surface area contributed by atoms with Crippen molar-refractivity contribution in [3.8, 4) is 5.75 Å². The van der Waals surface area contributed by atoms with Gasteiger partial charge in [0.05, 0.1) is 12.4 Å². The molecule has 0 saturated heterocycles. The summed E-state index contributed by atoms with van der Waals surface area (Å²) in [6.45, 7) is 3.00. The van der Waals surface area contributed by atoms with Crippen molar-refractivity contribution in [3.05, 3.63) is 36.0 Å². The van der Waals surface area contributed by atoms with Crippen LogP contribution in [0.25, 0.3) is 0 Å². The van der Waals surface area contributed by atoms with Gasteiger partial charge in [0.25, 0.3) is 0 Å². The molecule has 0 saturated carbocycles. The Kier molecular flexibility index (Phi) is 3.63. The number of aromatic nitrogens is 2. The van der Waals surface area contributed by atoms with Crippen LogP contribution in [0.2, 0.25) is 0 Å². The van der Waals surface area contributed by atoms with Crippen LogP contribution in [0.15, 0.2) is 28.9 Å². The molecule has 0 fully saturated rings. The van der Waals surface area contributed by atoms with E-state index in [1.165, 1.54) is 6.07 Å². The van der Waals surface area contributed by atoms with Crippen molar-refractivity contribution in [2.24, 2.45) is 5.84 Å². The van der Waals surface area contributed by atoms with Crippen LogP contribution in [0.5, 0.6) is 5.75 Å². The van der Waals surface area contributed by atoms with Crippen LogP contribution in [-0.4, -0.2) is 15.7 Å². The number of carbonyl (C=O) groups excluding carboxylic acids is 1. The molecule has 0 unspecified atom stereocenters. The zero-order valence-corrected chi connectivity index (χ0v) is 9.92. The van der Waals surface area contributed by atoms with Gasteiger partial charge in [-0.05, 0) is 19.1 Å². The Hall–Kier alpha value is -2.28. The molecule has 2 rings (SSSR count). The molecule has 2 aromatic heterocycles. The summed E-state index contributed by atoms with van der Waals surface area (Å²) in [5, 5.41) is 4.07. The summed E-state index contributed by atoms with van der Waals surface area (Å²) in [5.41, 5.74) is 1.99. The first-order valence-electron chi connectivity index (χ1n) is 5.48. The van der Waals surface area contributed by atoms with Crippen molar-refractivity contribution < 1.29 is 13.9 Å². The molecule has 3 N–H and O–H groups in total. The van der Waals surface area contributed by atoms with E-state index in [-0.39, 0.29) is 12.4 Å². The molecule has 2 aromatic rings. The first kappa shape index (κ1) is 12.2. The molecule has 0 aromatic carbocycles. The molecule has 0 aliphatic carbocycles. The van der Waals surface area contributed by atoms with Crippen LogP contribution in [0.1, 0.15) is 23.2 Å². The maximum absolute atomic E-state index is 11.2. The van der Waals surface area contributed by atoms with E-state index in [9.17, 15) is 4.79 Å². The molecule has 0 aliphatic heterocycles. The summed E-state index contributed by atoms with van der Waals surface area (Å²) in [7, 11) is 0. The zero-order chi connectivity index (χ0) is 13.0. The Morgan fingerprint density at radius 1 is 1.61 bits per heavy atom. The van der Waals surface area contributed by atoms with Crippen molar-refractivity contribution in [2.75, 3.05) is 0 Å². The second-order valence-electron chi connectivity index (χ2n) is 3.56. The van der Waals surface area contributed by atoms with Gasteiger partial charge in [-0.2, -0.15) is 5.10 Å². The molecule has 0 atom stereocenters. The lowest BCUT2D eigenvalue weighted by Crippen LogP contribution is -2.29. The highest BCUT2D eigenvalue weighted by atomic mass is 16.5. The molecule has 0 bridgehead atoms. The summed E-state index contributed by atoms with van der Waals surface area (Å²) in [5.74, 6) is 5.87. The van der Waals surface area contributed by atoms with E-state index < -0.39 is 5.91 Å². The number of amides is 1. The standard InChI is InChI=1S/C11H14N4O3/c1-2-15-6-9(5-13-15)17-7-8-3-4-10(18-8)11(16)14-12/h3-6H,2,7,12H2,1H3,(H,14,16). The van der Waals surface area contributed by atoms with Crippen LogP contribution in [0.3, 0.4) is 0 Å². The van der Waals surface area contributed by atoms with Gasteiger partial charge in [-0.3, -0.25) is 14.9 Å². The molecular formula is C11H14N4O3.